The van der Waals surface area contributed by atoms with Gasteiger partial charge in [0.05, 0.1) is 18.0 Å². The summed E-state index contributed by atoms with van der Waals surface area (Å²) in [5, 5.41) is 0.194. The molecule has 0 saturated heterocycles. The van der Waals surface area contributed by atoms with Gasteiger partial charge >= 0.3 is 0 Å². The topological polar surface area (TPSA) is 26.3 Å². The van der Waals surface area contributed by atoms with E-state index in [0.717, 1.165) is 0 Å². The minimum atomic E-state index is 0.0300. The van der Waals surface area contributed by atoms with E-state index in [2.05, 4.69) is 0 Å². The van der Waals surface area contributed by atoms with Crippen molar-refractivity contribution in [2.75, 3.05) is 12.4 Å². The average Bonchev–Trinajstić information content (AvgIpc) is 2.19. The van der Waals surface area contributed by atoms with E-state index in [9.17, 15) is 4.79 Å². The number of alkyl halides is 2. The first kappa shape index (κ1) is 13.3. The number of ether oxygens (including phenoxy) is 1. The van der Waals surface area contributed by atoms with Crippen LogP contribution < -0.4 is 4.74 Å². The van der Waals surface area contributed by atoms with Crippen molar-refractivity contribution in [2.45, 2.75) is 6.92 Å². The van der Waals surface area contributed by atoms with Gasteiger partial charge in [0.2, 0.25) is 0 Å². The predicted octanol–water partition coefficient (Wildman–Crippen LogP) is 3.32. The van der Waals surface area contributed by atoms with Crippen molar-refractivity contribution in [1.29, 1.82) is 0 Å². The van der Waals surface area contributed by atoms with Crippen LogP contribution in [0.2, 0.25) is 0 Å². The number of rotatable bonds is 2. The Kier molecular flexibility index (Phi) is 7.25. The van der Waals surface area contributed by atoms with E-state index in [-0.39, 0.29) is 11.1 Å². The van der Waals surface area contributed by atoms with E-state index in [1.807, 2.05) is 12.1 Å². The molecule has 0 unspecified atom stereocenters. The third-order valence-electron chi connectivity index (χ3n) is 1.49. The second-order valence-corrected chi connectivity index (χ2v) is 3.17. The molecule has 0 bridgehead atoms. The van der Waals surface area contributed by atoms with Crippen LogP contribution in [0.15, 0.2) is 24.3 Å². The van der Waals surface area contributed by atoms with Crippen molar-refractivity contribution in [3.05, 3.63) is 29.8 Å². The van der Waals surface area contributed by atoms with E-state index in [0.29, 0.717) is 11.3 Å². The molecule has 0 aliphatic carbocycles. The largest absolute Gasteiger partial charge is 0.496 e. The normalized spacial score (nSPS) is 8.57. The number of carbonyl (C=O) groups excluding carboxylic acids is 1. The van der Waals surface area contributed by atoms with Crippen LogP contribution >= 0.6 is 23.2 Å². The summed E-state index contributed by atoms with van der Waals surface area (Å²) in [5.74, 6) is 0.669. The molecule has 0 radical (unpaired) electrons. The van der Waals surface area contributed by atoms with Crippen LogP contribution in [0.5, 0.6) is 5.75 Å². The van der Waals surface area contributed by atoms with Gasteiger partial charge in [0, 0.05) is 0 Å². The molecule has 4 heteroatoms. The quantitative estimate of drug-likeness (QED) is 0.580. The van der Waals surface area contributed by atoms with Gasteiger partial charge in [-0.2, -0.15) is 0 Å². The van der Waals surface area contributed by atoms with Gasteiger partial charge in [-0.3, -0.25) is 4.79 Å². The summed E-state index contributed by atoms with van der Waals surface area (Å²) in [6.07, 6.45) is 0. The summed E-state index contributed by atoms with van der Waals surface area (Å²) in [4.78, 5) is 10.9. The minimum absolute atomic E-state index is 0.0300. The standard InChI is InChI=1S/C9H10O2.CH2Cl2/c1-7(10)8-5-3-4-6-9(8)11-2;2-1-3/h3-6H,1-2H3;1H2. The number of para-hydroxylation sites is 1. The van der Waals surface area contributed by atoms with E-state index >= 15 is 0 Å². The maximum absolute atomic E-state index is 10.9. The Hall–Kier alpha value is -0.730. The van der Waals surface area contributed by atoms with E-state index < -0.39 is 0 Å². The van der Waals surface area contributed by atoms with Gasteiger partial charge in [-0.1, -0.05) is 12.1 Å². The number of hydrogen-bond acceptors (Lipinski definition) is 2. The molecule has 0 aliphatic rings. The van der Waals surface area contributed by atoms with Crippen LogP contribution in [0, 0.1) is 0 Å². The lowest BCUT2D eigenvalue weighted by Crippen LogP contribution is -1.96. The van der Waals surface area contributed by atoms with Crippen molar-refractivity contribution in [3.63, 3.8) is 0 Å². The fourth-order valence-electron chi connectivity index (χ4n) is 0.935. The van der Waals surface area contributed by atoms with Crippen molar-refractivity contribution < 1.29 is 9.53 Å². The maximum atomic E-state index is 10.9. The third kappa shape index (κ3) is 4.49. The van der Waals surface area contributed by atoms with Crippen LogP contribution in [0.3, 0.4) is 0 Å². The zero-order valence-electron chi connectivity index (χ0n) is 8.09. The van der Waals surface area contributed by atoms with Crippen LogP contribution in [0.25, 0.3) is 0 Å². The molecule has 0 aliphatic heterocycles. The first-order valence-corrected chi connectivity index (χ1v) is 5.00. The fourth-order valence-corrected chi connectivity index (χ4v) is 0.935. The van der Waals surface area contributed by atoms with Crippen molar-refractivity contribution in [3.8, 4) is 5.75 Å². The van der Waals surface area contributed by atoms with Crippen LogP contribution in [0.1, 0.15) is 17.3 Å². The second kappa shape index (κ2) is 7.65. The van der Waals surface area contributed by atoms with E-state index in [1.54, 1.807) is 19.2 Å². The molecular formula is C10H12Cl2O2. The maximum Gasteiger partial charge on any atom is 0.163 e. The molecule has 0 spiro atoms. The first-order valence-electron chi connectivity index (χ1n) is 3.93. The summed E-state index contributed by atoms with van der Waals surface area (Å²) in [5.41, 5.74) is 0.634. The lowest BCUT2D eigenvalue weighted by atomic mass is 10.1. The van der Waals surface area contributed by atoms with Gasteiger partial charge in [-0.05, 0) is 19.1 Å². The molecule has 1 aromatic carbocycles. The Morgan fingerprint density at radius 2 is 1.86 bits per heavy atom. The highest BCUT2D eigenvalue weighted by atomic mass is 35.5. The molecule has 0 amide bonds. The highest BCUT2D eigenvalue weighted by Gasteiger charge is 2.04. The Morgan fingerprint density at radius 1 is 1.36 bits per heavy atom. The van der Waals surface area contributed by atoms with Crippen LogP contribution in [-0.4, -0.2) is 18.2 Å². The Labute approximate surface area is 93.8 Å². The second-order valence-electron chi connectivity index (χ2n) is 2.36. The number of hydrogen-bond donors (Lipinski definition) is 0. The zero-order valence-corrected chi connectivity index (χ0v) is 9.60. The monoisotopic (exact) mass is 234 g/mol. The molecule has 2 nitrogen and oxygen atoms in total. The predicted molar refractivity (Wildman–Crippen MR) is 59.6 cm³/mol. The molecule has 1 rings (SSSR count). The Bertz CT molecular complexity index is 287. The highest BCUT2D eigenvalue weighted by molar-refractivity contribution is 6.40. The molecule has 14 heavy (non-hydrogen) atoms. The summed E-state index contributed by atoms with van der Waals surface area (Å²) < 4.78 is 4.99. The van der Waals surface area contributed by atoms with E-state index in [1.165, 1.54) is 6.92 Å². The third-order valence-corrected chi connectivity index (χ3v) is 1.49. The molecule has 0 heterocycles. The van der Waals surface area contributed by atoms with Gasteiger partial charge in [0.1, 0.15) is 5.75 Å². The van der Waals surface area contributed by atoms with Gasteiger partial charge in [0.15, 0.2) is 5.78 Å². The van der Waals surface area contributed by atoms with Gasteiger partial charge in [0.25, 0.3) is 0 Å². The molecule has 78 valence electrons. The lowest BCUT2D eigenvalue weighted by Gasteiger charge is -2.03. The SMILES string of the molecule is COc1ccccc1C(C)=O.ClCCl. The summed E-state index contributed by atoms with van der Waals surface area (Å²) in [6, 6.07) is 7.18. The van der Waals surface area contributed by atoms with Crippen molar-refractivity contribution in [2.24, 2.45) is 0 Å². The zero-order chi connectivity index (χ0) is 11.0. The molecular weight excluding hydrogens is 223 g/mol. The van der Waals surface area contributed by atoms with E-state index in [4.69, 9.17) is 27.9 Å². The first-order chi connectivity index (χ1) is 6.67. The molecule has 0 saturated carbocycles. The minimum Gasteiger partial charge on any atom is -0.496 e. The van der Waals surface area contributed by atoms with Gasteiger partial charge in [-0.25, -0.2) is 0 Å². The molecule has 0 aromatic heterocycles. The number of benzene rings is 1. The van der Waals surface area contributed by atoms with Crippen LogP contribution in [-0.2, 0) is 0 Å². The number of ketones is 1. The Morgan fingerprint density at radius 3 is 2.21 bits per heavy atom. The number of halogens is 2. The van der Waals surface area contributed by atoms with Gasteiger partial charge < -0.3 is 4.74 Å². The van der Waals surface area contributed by atoms with Crippen molar-refractivity contribution in [1.82, 2.24) is 0 Å². The summed E-state index contributed by atoms with van der Waals surface area (Å²) >= 11 is 9.53. The molecule has 0 fully saturated rings. The fraction of sp³-hybridized carbons (Fsp3) is 0.300. The smallest absolute Gasteiger partial charge is 0.163 e. The van der Waals surface area contributed by atoms with Crippen molar-refractivity contribution >= 4 is 29.0 Å². The van der Waals surface area contributed by atoms with Gasteiger partial charge in [-0.15, -0.1) is 23.2 Å². The lowest BCUT2D eigenvalue weighted by molar-refractivity contribution is 0.101. The summed E-state index contributed by atoms with van der Waals surface area (Å²) in [6.45, 7) is 1.53. The molecule has 1 aromatic rings. The Balaban J connectivity index is 0.000000500. The number of Topliss-reactive ketones (excluding diaryl/α,β-unsaturated/α-hetero) is 1. The number of methoxy groups -OCH3 is 1. The average molecular weight is 235 g/mol. The number of carbonyl (C=O) groups is 1. The molecule has 0 N–H and O–H groups in total. The summed E-state index contributed by atoms with van der Waals surface area (Å²) in [7, 11) is 1.56. The van der Waals surface area contributed by atoms with Crippen LogP contribution in [0.4, 0.5) is 0 Å². The molecule has 0 atom stereocenters. The highest BCUT2D eigenvalue weighted by Crippen LogP contribution is 2.16.